The van der Waals surface area contributed by atoms with Gasteiger partial charge in [0, 0.05) is 10.6 Å². The summed E-state index contributed by atoms with van der Waals surface area (Å²) in [5, 5.41) is 14.6. The standard InChI is InChI=1S/C15H17N3S/c1-4-12-5-6-19-14(12)9-17-15-13(8-16)10(2)7-11(3)18-15/h5-7H,4,9H2,1-3H3,(H,17,18). The van der Waals surface area contributed by atoms with Crippen molar-refractivity contribution in [2.24, 2.45) is 0 Å². The fourth-order valence-corrected chi connectivity index (χ4v) is 3.02. The molecule has 98 valence electrons. The summed E-state index contributed by atoms with van der Waals surface area (Å²) in [5.74, 6) is 0.690. The van der Waals surface area contributed by atoms with Crippen LogP contribution in [0.25, 0.3) is 0 Å². The Labute approximate surface area is 117 Å². The topological polar surface area (TPSA) is 48.7 Å². The van der Waals surface area contributed by atoms with Crippen LogP contribution >= 0.6 is 11.3 Å². The van der Waals surface area contributed by atoms with Gasteiger partial charge in [0.25, 0.3) is 0 Å². The minimum absolute atomic E-state index is 0.639. The quantitative estimate of drug-likeness (QED) is 0.920. The Kier molecular flexibility index (Phi) is 4.18. The highest BCUT2D eigenvalue weighted by molar-refractivity contribution is 7.10. The van der Waals surface area contributed by atoms with E-state index in [1.54, 1.807) is 11.3 Å². The Bertz CT molecular complexity index is 623. The Hall–Kier alpha value is -1.86. The molecule has 0 bridgehead atoms. The molecule has 1 N–H and O–H groups in total. The molecule has 0 fully saturated rings. The molecule has 2 aromatic heterocycles. The molecule has 0 atom stereocenters. The number of hydrogen-bond acceptors (Lipinski definition) is 4. The molecule has 0 spiro atoms. The summed E-state index contributed by atoms with van der Waals surface area (Å²) in [4.78, 5) is 5.74. The van der Waals surface area contributed by atoms with Crippen LogP contribution in [0.4, 0.5) is 5.82 Å². The summed E-state index contributed by atoms with van der Waals surface area (Å²) >= 11 is 1.74. The molecular weight excluding hydrogens is 254 g/mol. The van der Waals surface area contributed by atoms with Crippen LogP contribution in [0.5, 0.6) is 0 Å². The SMILES string of the molecule is CCc1ccsc1CNc1nc(C)cc(C)c1C#N. The van der Waals surface area contributed by atoms with Gasteiger partial charge >= 0.3 is 0 Å². The fraction of sp³-hybridized carbons (Fsp3) is 0.333. The van der Waals surface area contributed by atoms with E-state index in [1.807, 2.05) is 19.9 Å². The lowest BCUT2D eigenvalue weighted by molar-refractivity contribution is 1.05. The zero-order valence-corrected chi connectivity index (χ0v) is 12.3. The smallest absolute Gasteiger partial charge is 0.144 e. The maximum absolute atomic E-state index is 9.22. The summed E-state index contributed by atoms with van der Waals surface area (Å²) in [7, 11) is 0. The van der Waals surface area contributed by atoms with Crippen molar-refractivity contribution >= 4 is 17.2 Å². The Balaban J connectivity index is 2.23. The van der Waals surface area contributed by atoms with Gasteiger partial charge < -0.3 is 5.32 Å². The molecule has 0 aliphatic heterocycles. The van der Waals surface area contributed by atoms with Crippen molar-refractivity contribution in [3.05, 3.63) is 44.8 Å². The summed E-state index contributed by atoms with van der Waals surface area (Å²) in [6, 6.07) is 6.32. The average molecular weight is 271 g/mol. The van der Waals surface area contributed by atoms with Crippen LogP contribution in [-0.4, -0.2) is 4.98 Å². The van der Waals surface area contributed by atoms with Crippen molar-refractivity contribution in [3.63, 3.8) is 0 Å². The van der Waals surface area contributed by atoms with E-state index in [-0.39, 0.29) is 0 Å². The maximum Gasteiger partial charge on any atom is 0.144 e. The highest BCUT2D eigenvalue weighted by Gasteiger charge is 2.09. The zero-order valence-electron chi connectivity index (χ0n) is 11.4. The second-order valence-electron chi connectivity index (χ2n) is 4.49. The molecule has 19 heavy (non-hydrogen) atoms. The molecule has 0 saturated heterocycles. The van der Waals surface area contributed by atoms with Gasteiger partial charge in [0.2, 0.25) is 0 Å². The van der Waals surface area contributed by atoms with E-state index in [0.717, 1.165) is 24.2 Å². The molecule has 0 aliphatic carbocycles. The van der Waals surface area contributed by atoms with Crippen molar-refractivity contribution in [1.82, 2.24) is 4.98 Å². The number of pyridine rings is 1. The van der Waals surface area contributed by atoms with E-state index in [4.69, 9.17) is 0 Å². The summed E-state index contributed by atoms with van der Waals surface area (Å²) in [6.45, 7) is 6.77. The van der Waals surface area contributed by atoms with E-state index in [0.29, 0.717) is 11.4 Å². The van der Waals surface area contributed by atoms with Gasteiger partial charge in [-0.1, -0.05) is 6.92 Å². The molecular formula is C15H17N3S. The average Bonchev–Trinajstić information content (AvgIpc) is 2.83. The third kappa shape index (κ3) is 2.94. The summed E-state index contributed by atoms with van der Waals surface area (Å²) < 4.78 is 0. The van der Waals surface area contributed by atoms with Gasteiger partial charge in [-0.15, -0.1) is 11.3 Å². The van der Waals surface area contributed by atoms with Crippen LogP contribution in [0.15, 0.2) is 17.5 Å². The lowest BCUT2D eigenvalue weighted by Crippen LogP contribution is -2.05. The second-order valence-corrected chi connectivity index (χ2v) is 5.49. The van der Waals surface area contributed by atoms with Crippen molar-refractivity contribution in [2.75, 3.05) is 5.32 Å². The first-order valence-corrected chi connectivity index (χ1v) is 7.21. The summed E-state index contributed by atoms with van der Waals surface area (Å²) in [6.07, 6.45) is 1.03. The highest BCUT2D eigenvalue weighted by atomic mass is 32.1. The predicted octanol–water partition coefficient (Wildman–Crippen LogP) is 3.81. The fourth-order valence-electron chi connectivity index (χ4n) is 2.11. The first-order chi connectivity index (χ1) is 9.15. The molecule has 0 aromatic carbocycles. The highest BCUT2D eigenvalue weighted by Crippen LogP contribution is 2.21. The van der Waals surface area contributed by atoms with Gasteiger partial charge in [-0.25, -0.2) is 4.98 Å². The Morgan fingerprint density at radius 2 is 2.21 bits per heavy atom. The maximum atomic E-state index is 9.22. The van der Waals surface area contributed by atoms with Crippen LogP contribution < -0.4 is 5.32 Å². The van der Waals surface area contributed by atoms with Crippen LogP contribution in [0.3, 0.4) is 0 Å². The number of anilines is 1. The van der Waals surface area contributed by atoms with Crippen molar-refractivity contribution in [3.8, 4) is 6.07 Å². The number of aryl methyl sites for hydroxylation is 3. The molecule has 0 amide bonds. The number of nitriles is 1. The Morgan fingerprint density at radius 3 is 2.89 bits per heavy atom. The number of hydrogen-bond donors (Lipinski definition) is 1. The van der Waals surface area contributed by atoms with Crippen molar-refractivity contribution in [1.29, 1.82) is 5.26 Å². The minimum Gasteiger partial charge on any atom is -0.364 e. The lowest BCUT2D eigenvalue weighted by Gasteiger charge is -2.10. The van der Waals surface area contributed by atoms with E-state index < -0.39 is 0 Å². The molecule has 4 heteroatoms. The molecule has 3 nitrogen and oxygen atoms in total. The third-order valence-corrected chi connectivity index (χ3v) is 4.05. The predicted molar refractivity (Wildman–Crippen MR) is 79.4 cm³/mol. The molecule has 0 unspecified atom stereocenters. The largest absolute Gasteiger partial charge is 0.364 e. The first-order valence-electron chi connectivity index (χ1n) is 6.33. The third-order valence-electron chi connectivity index (χ3n) is 3.09. The number of thiophene rings is 1. The van der Waals surface area contributed by atoms with E-state index in [9.17, 15) is 5.26 Å². The van der Waals surface area contributed by atoms with Crippen molar-refractivity contribution in [2.45, 2.75) is 33.7 Å². The van der Waals surface area contributed by atoms with Gasteiger partial charge in [-0.3, -0.25) is 0 Å². The first kappa shape index (κ1) is 13.6. The monoisotopic (exact) mass is 271 g/mol. The minimum atomic E-state index is 0.639. The number of rotatable bonds is 4. The molecule has 0 aliphatic rings. The van der Waals surface area contributed by atoms with Gasteiger partial charge in [0.05, 0.1) is 12.1 Å². The van der Waals surface area contributed by atoms with Crippen LogP contribution in [0.1, 0.15) is 34.2 Å². The van der Waals surface area contributed by atoms with E-state index >= 15 is 0 Å². The normalized spacial score (nSPS) is 10.2. The van der Waals surface area contributed by atoms with E-state index in [2.05, 4.69) is 34.7 Å². The zero-order chi connectivity index (χ0) is 13.8. The van der Waals surface area contributed by atoms with Gasteiger partial charge in [0.1, 0.15) is 11.9 Å². The molecule has 2 heterocycles. The number of nitrogens with one attached hydrogen (secondary N) is 1. The van der Waals surface area contributed by atoms with Gasteiger partial charge in [-0.2, -0.15) is 5.26 Å². The van der Waals surface area contributed by atoms with Crippen molar-refractivity contribution < 1.29 is 0 Å². The van der Waals surface area contributed by atoms with Crippen LogP contribution in [-0.2, 0) is 13.0 Å². The van der Waals surface area contributed by atoms with Gasteiger partial charge in [-0.05, 0) is 48.9 Å². The number of aromatic nitrogens is 1. The molecule has 0 saturated carbocycles. The van der Waals surface area contributed by atoms with Crippen LogP contribution in [0.2, 0.25) is 0 Å². The summed E-state index contributed by atoms with van der Waals surface area (Å²) in [5.41, 5.74) is 3.90. The molecule has 2 aromatic rings. The van der Waals surface area contributed by atoms with Crippen LogP contribution in [0, 0.1) is 25.2 Å². The lowest BCUT2D eigenvalue weighted by atomic mass is 10.1. The number of nitrogens with zero attached hydrogens (tertiary/aromatic N) is 2. The molecule has 2 rings (SSSR count). The van der Waals surface area contributed by atoms with Gasteiger partial charge in [0.15, 0.2) is 0 Å². The Morgan fingerprint density at radius 1 is 1.42 bits per heavy atom. The van der Waals surface area contributed by atoms with E-state index in [1.165, 1.54) is 10.4 Å². The molecule has 0 radical (unpaired) electrons. The second kappa shape index (κ2) is 5.85.